The highest BCUT2D eigenvalue weighted by atomic mass is 16.6. The summed E-state index contributed by atoms with van der Waals surface area (Å²) in [5.41, 5.74) is -0.854. The maximum atomic E-state index is 13.0. The van der Waals surface area contributed by atoms with E-state index in [-0.39, 0.29) is 23.2 Å². The SMILES string of the molecule is Cc1ccc([N+](=O)[O-])cc1N1C(=O)[C@H]2[C@H](C1=O)[C@@]1(C)C=C[C@@]2(C)O1. The van der Waals surface area contributed by atoms with Crippen molar-refractivity contribution in [3.63, 3.8) is 0 Å². The first-order valence-electron chi connectivity index (χ1n) is 7.71. The van der Waals surface area contributed by atoms with E-state index in [2.05, 4.69) is 0 Å². The molecule has 0 unspecified atom stereocenters. The Kier molecular flexibility index (Phi) is 2.69. The number of non-ortho nitro benzene ring substituents is 1. The van der Waals surface area contributed by atoms with Gasteiger partial charge in [0.1, 0.15) is 0 Å². The largest absolute Gasteiger partial charge is 0.359 e. The Balaban J connectivity index is 1.83. The van der Waals surface area contributed by atoms with Crippen LogP contribution in [0.15, 0.2) is 30.4 Å². The first kappa shape index (κ1) is 15.0. The first-order valence-corrected chi connectivity index (χ1v) is 7.71. The van der Waals surface area contributed by atoms with E-state index in [0.29, 0.717) is 5.56 Å². The molecule has 3 heterocycles. The smallest absolute Gasteiger partial charge is 0.271 e. The summed E-state index contributed by atoms with van der Waals surface area (Å²) in [5.74, 6) is -1.91. The molecule has 0 saturated carbocycles. The highest BCUT2D eigenvalue weighted by Crippen LogP contribution is 2.57. The van der Waals surface area contributed by atoms with E-state index >= 15 is 0 Å². The van der Waals surface area contributed by atoms with E-state index in [0.717, 1.165) is 4.90 Å². The Morgan fingerprint density at radius 3 is 2.17 bits per heavy atom. The fourth-order valence-corrected chi connectivity index (χ4v) is 4.22. The van der Waals surface area contributed by atoms with Crippen LogP contribution in [0.25, 0.3) is 0 Å². The molecule has 1 aromatic carbocycles. The second-order valence-corrected chi connectivity index (χ2v) is 7.00. The number of rotatable bonds is 2. The van der Waals surface area contributed by atoms with Gasteiger partial charge in [-0.25, -0.2) is 4.90 Å². The lowest BCUT2D eigenvalue weighted by molar-refractivity contribution is -0.384. The molecule has 0 N–H and O–H groups in total. The number of carbonyl (C=O) groups excluding carboxylic acids is 2. The van der Waals surface area contributed by atoms with E-state index in [4.69, 9.17) is 4.74 Å². The molecule has 7 nitrogen and oxygen atoms in total. The van der Waals surface area contributed by atoms with Crippen molar-refractivity contribution in [2.45, 2.75) is 32.0 Å². The molecule has 1 aromatic rings. The number of imide groups is 1. The molecule has 124 valence electrons. The van der Waals surface area contributed by atoms with Crippen molar-refractivity contribution in [2.75, 3.05) is 4.90 Å². The Hall–Kier alpha value is -2.54. The van der Waals surface area contributed by atoms with Gasteiger partial charge in [-0.3, -0.25) is 19.7 Å². The minimum absolute atomic E-state index is 0.150. The molecule has 0 aliphatic carbocycles. The van der Waals surface area contributed by atoms with Crippen molar-refractivity contribution in [3.05, 3.63) is 46.0 Å². The van der Waals surface area contributed by atoms with Crippen molar-refractivity contribution >= 4 is 23.2 Å². The van der Waals surface area contributed by atoms with E-state index in [1.165, 1.54) is 12.1 Å². The lowest BCUT2D eigenvalue weighted by Gasteiger charge is -2.25. The van der Waals surface area contributed by atoms with Gasteiger partial charge in [0.2, 0.25) is 11.8 Å². The minimum Gasteiger partial charge on any atom is -0.359 e. The zero-order chi connectivity index (χ0) is 17.4. The van der Waals surface area contributed by atoms with Gasteiger partial charge in [0.15, 0.2) is 0 Å². The number of nitrogens with zero attached hydrogens (tertiary/aromatic N) is 2. The van der Waals surface area contributed by atoms with E-state index in [1.807, 2.05) is 12.2 Å². The van der Waals surface area contributed by atoms with Gasteiger partial charge < -0.3 is 4.74 Å². The predicted molar refractivity (Wildman–Crippen MR) is 84.3 cm³/mol. The second kappa shape index (κ2) is 4.30. The Morgan fingerprint density at radius 2 is 1.67 bits per heavy atom. The standard InChI is InChI=1S/C17H16N2O5/c1-9-4-5-10(19(22)23)8-11(9)18-14(20)12-13(15(18)21)17(3)7-6-16(12,2)24-17/h4-8,12-13H,1-3H3/t12-,13-,16-,17-/m1/s1. The van der Waals surface area contributed by atoms with Gasteiger partial charge in [0.05, 0.1) is 33.6 Å². The van der Waals surface area contributed by atoms with Crippen LogP contribution in [0.3, 0.4) is 0 Å². The summed E-state index contributed by atoms with van der Waals surface area (Å²) >= 11 is 0. The highest BCUT2D eigenvalue weighted by molar-refractivity contribution is 6.24. The molecule has 24 heavy (non-hydrogen) atoms. The maximum Gasteiger partial charge on any atom is 0.271 e. The van der Waals surface area contributed by atoms with Crippen LogP contribution in [0.5, 0.6) is 0 Å². The van der Waals surface area contributed by atoms with Crippen LogP contribution in [0.4, 0.5) is 11.4 Å². The highest BCUT2D eigenvalue weighted by Gasteiger charge is 2.70. The number of nitro groups is 1. The molecule has 0 spiro atoms. The van der Waals surface area contributed by atoms with Crippen molar-refractivity contribution in [1.29, 1.82) is 0 Å². The fourth-order valence-electron chi connectivity index (χ4n) is 4.22. The fraction of sp³-hybridized carbons (Fsp3) is 0.412. The number of amides is 2. The van der Waals surface area contributed by atoms with Crippen molar-refractivity contribution in [3.8, 4) is 0 Å². The van der Waals surface area contributed by atoms with Crippen LogP contribution >= 0.6 is 0 Å². The zero-order valence-corrected chi connectivity index (χ0v) is 13.5. The third-order valence-corrected chi connectivity index (χ3v) is 5.37. The predicted octanol–water partition coefficient (Wildman–Crippen LogP) is 2.13. The maximum absolute atomic E-state index is 13.0. The monoisotopic (exact) mass is 328 g/mol. The Morgan fingerprint density at radius 1 is 1.12 bits per heavy atom. The molecule has 3 aliphatic heterocycles. The molecule has 3 aliphatic rings. The molecule has 2 bridgehead atoms. The minimum atomic E-state index is -0.810. The average molecular weight is 328 g/mol. The molecule has 2 amide bonds. The van der Waals surface area contributed by atoms with Crippen molar-refractivity contribution in [1.82, 2.24) is 0 Å². The number of ether oxygens (including phenoxy) is 1. The number of hydrogen-bond donors (Lipinski definition) is 0. The molecular formula is C17H16N2O5. The number of nitro benzene ring substituents is 1. The van der Waals surface area contributed by atoms with Gasteiger partial charge in [0, 0.05) is 12.1 Å². The normalized spacial score (nSPS) is 36.5. The number of aryl methyl sites for hydroxylation is 1. The number of carbonyl (C=O) groups is 2. The van der Waals surface area contributed by atoms with Gasteiger partial charge in [-0.15, -0.1) is 0 Å². The Bertz CT molecular complexity index is 811. The number of anilines is 1. The van der Waals surface area contributed by atoms with Crippen LogP contribution in [0, 0.1) is 28.9 Å². The molecule has 2 saturated heterocycles. The average Bonchev–Trinajstić information content (AvgIpc) is 3.05. The molecule has 0 aromatic heterocycles. The van der Waals surface area contributed by atoms with Crippen LogP contribution in [-0.4, -0.2) is 27.9 Å². The summed E-state index contributed by atoms with van der Waals surface area (Å²) in [6.07, 6.45) is 3.67. The Labute approximate surface area is 138 Å². The lowest BCUT2D eigenvalue weighted by Crippen LogP contribution is -2.39. The third-order valence-electron chi connectivity index (χ3n) is 5.37. The molecule has 4 rings (SSSR count). The topological polar surface area (TPSA) is 89.8 Å². The van der Waals surface area contributed by atoms with Gasteiger partial charge >= 0.3 is 0 Å². The van der Waals surface area contributed by atoms with Gasteiger partial charge in [-0.1, -0.05) is 18.2 Å². The zero-order valence-electron chi connectivity index (χ0n) is 13.5. The van der Waals surface area contributed by atoms with Crippen LogP contribution in [-0.2, 0) is 14.3 Å². The summed E-state index contributed by atoms with van der Waals surface area (Å²) in [7, 11) is 0. The van der Waals surface area contributed by atoms with Gasteiger partial charge in [-0.2, -0.15) is 0 Å². The first-order chi connectivity index (χ1) is 11.2. The van der Waals surface area contributed by atoms with Crippen LogP contribution < -0.4 is 4.90 Å². The van der Waals surface area contributed by atoms with E-state index in [1.54, 1.807) is 26.8 Å². The third kappa shape index (κ3) is 1.65. The number of benzene rings is 1. The molecule has 4 atom stereocenters. The molecular weight excluding hydrogens is 312 g/mol. The summed E-state index contributed by atoms with van der Waals surface area (Å²) < 4.78 is 5.94. The summed E-state index contributed by atoms with van der Waals surface area (Å²) in [5, 5.41) is 11.0. The quantitative estimate of drug-likeness (QED) is 0.359. The van der Waals surface area contributed by atoms with Gasteiger partial charge in [0.25, 0.3) is 5.69 Å². The lowest BCUT2D eigenvalue weighted by atomic mass is 9.73. The van der Waals surface area contributed by atoms with Gasteiger partial charge in [-0.05, 0) is 26.3 Å². The van der Waals surface area contributed by atoms with E-state index in [9.17, 15) is 19.7 Å². The summed E-state index contributed by atoms with van der Waals surface area (Å²) in [4.78, 5) is 37.6. The summed E-state index contributed by atoms with van der Waals surface area (Å²) in [6.45, 7) is 5.32. The molecule has 2 fully saturated rings. The second-order valence-electron chi connectivity index (χ2n) is 7.00. The van der Waals surface area contributed by atoms with Crippen molar-refractivity contribution < 1.29 is 19.2 Å². The molecule has 7 heteroatoms. The van der Waals surface area contributed by atoms with Crippen LogP contribution in [0.1, 0.15) is 19.4 Å². The summed E-state index contributed by atoms with van der Waals surface area (Å²) in [6, 6.07) is 4.20. The van der Waals surface area contributed by atoms with Crippen LogP contribution in [0.2, 0.25) is 0 Å². The van der Waals surface area contributed by atoms with Crippen molar-refractivity contribution in [2.24, 2.45) is 11.8 Å². The number of hydrogen-bond acceptors (Lipinski definition) is 5. The van der Waals surface area contributed by atoms with E-state index < -0.39 is 28.0 Å². The number of fused-ring (bicyclic) bond motifs is 5. The molecule has 0 radical (unpaired) electrons.